The third-order valence-electron chi connectivity index (χ3n) is 0. The number of hydrogen-bond acceptors (Lipinski definition) is 2. The van der Waals surface area contributed by atoms with Gasteiger partial charge in [0.25, 0.3) is 0 Å². The van der Waals surface area contributed by atoms with Gasteiger partial charge in [0.1, 0.15) is 0 Å². The van der Waals surface area contributed by atoms with Crippen molar-refractivity contribution < 1.29 is 39.3 Å². The quantitative estimate of drug-likeness (QED) is 0.389. The van der Waals surface area contributed by atoms with Gasteiger partial charge in [-0.25, -0.2) is 0 Å². The molecule has 2 N–H and O–H groups in total. The predicted octanol–water partition coefficient (Wildman–Crippen LogP) is -0.779. The molecule has 0 atom stereocenters. The normalized spacial score (nSPS) is 3.43. The maximum atomic E-state index is 8.24. The van der Waals surface area contributed by atoms with Crippen molar-refractivity contribution in [1.29, 1.82) is 0 Å². The summed E-state index contributed by atoms with van der Waals surface area (Å²) in [6.45, 7) is 1.00. The smallest absolute Gasteiger partial charge is 0.665 e. The first-order chi connectivity index (χ1) is 2.83. The van der Waals surface area contributed by atoms with Gasteiger partial charge in [0, 0.05) is 0 Å². The van der Waals surface area contributed by atoms with Gasteiger partial charge in [-0.05, 0) is 0 Å². The topological polar surface area (TPSA) is 74.6 Å². The number of rotatable bonds is 0. The maximum Gasteiger partial charge on any atom is 2.00 e. The SMILES string of the molecule is O=[C-]O.O=[C-]O.[Ru+2]. The largest absolute Gasteiger partial charge is 2.00 e. The van der Waals surface area contributed by atoms with Crippen LogP contribution in [0.4, 0.5) is 0 Å². The van der Waals surface area contributed by atoms with Crippen LogP contribution in [0.15, 0.2) is 0 Å². The second-order valence-electron chi connectivity index (χ2n) is 0.183. The fourth-order valence-electron chi connectivity index (χ4n) is 0. The van der Waals surface area contributed by atoms with E-state index in [0.717, 1.165) is 0 Å². The van der Waals surface area contributed by atoms with Crippen molar-refractivity contribution in [3.05, 3.63) is 0 Å². The van der Waals surface area contributed by atoms with Gasteiger partial charge >= 0.3 is 19.5 Å². The molecule has 7 heavy (non-hydrogen) atoms. The van der Waals surface area contributed by atoms with Crippen LogP contribution in [-0.2, 0) is 29.1 Å². The van der Waals surface area contributed by atoms with Crippen molar-refractivity contribution in [3.63, 3.8) is 0 Å². The zero-order chi connectivity index (χ0) is 5.41. The van der Waals surface area contributed by atoms with Gasteiger partial charge in [0.15, 0.2) is 0 Å². The first-order valence-electron chi connectivity index (χ1n) is 0.855. The number of aliphatic hydroxyl groups excluding tert-OH is 2. The summed E-state index contributed by atoms with van der Waals surface area (Å²) >= 11 is 0. The Labute approximate surface area is 52.9 Å². The van der Waals surface area contributed by atoms with Gasteiger partial charge < -0.3 is 19.8 Å². The third-order valence-corrected chi connectivity index (χ3v) is 0. The van der Waals surface area contributed by atoms with Crippen LogP contribution in [0.1, 0.15) is 0 Å². The molecule has 0 bridgehead atoms. The van der Waals surface area contributed by atoms with Crippen molar-refractivity contribution in [2.24, 2.45) is 0 Å². The first-order valence-corrected chi connectivity index (χ1v) is 0.855. The molecule has 0 aliphatic carbocycles. The molecule has 5 heteroatoms. The summed E-state index contributed by atoms with van der Waals surface area (Å²) in [5.74, 6) is 0. The van der Waals surface area contributed by atoms with Crippen molar-refractivity contribution in [2.75, 3.05) is 0 Å². The van der Waals surface area contributed by atoms with Crippen molar-refractivity contribution in [1.82, 2.24) is 0 Å². The van der Waals surface area contributed by atoms with E-state index in [2.05, 4.69) is 0 Å². The molecule has 42 valence electrons. The Hall–Kier alpha value is -0.437. The van der Waals surface area contributed by atoms with E-state index < -0.39 is 0 Å². The molecule has 0 spiro atoms. The molecule has 0 saturated heterocycles. The Kier molecular flexibility index (Phi) is 108. The Morgan fingerprint density at radius 3 is 1.00 bits per heavy atom. The minimum absolute atomic E-state index is 0. The molecule has 0 unspecified atom stereocenters. The zero-order valence-electron chi connectivity index (χ0n) is 3.06. The standard InChI is InChI=1S/2CHO2.Ru/c2*2-1-3;/h2*(H,2,3);/q2*-1;+2. The van der Waals surface area contributed by atoms with Gasteiger partial charge in [0.05, 0.1) is 0 Å². The molecule has 0 radical (unpaired) electrons. The van der Waals surface area contributed by atoms with Crippen LogP contribution in [0, 0.1) is 0 Å². The summed E-state index contributed by atoms with van der Waals surface area (Å²) in [4.78, 5) is 16.5. The second-order valence-corrected chi connectivity index (χ2v) is 0.183. The molecule has 0 heterocycles. The van der Waals surface area contributed by atoms with Gasteiger partial charge in [-0.2, -0.15) is 0 Å². The molecule has 0 aliphatic rings. The van der Waals surface area contributed by atoms with E-state index in [9.17, 15) is 0 Å². The van der Waals surface area contributed by atoms with E-state index in [0.29, 0.717) is 12.9 Å². The average molecular weight is 191 g/mol. The van der Waals surface area contributed by atoms with Crippen LogP contribution in [0.2, 0.25) is 0 Å². The van der Waals surface area contributed by atoms with Crippen LogP contribution in [0.3, 0.4) is 0 Å². The van der Waals surface area contributed by atoms with E-state index in [1.54, 1.807) is 0 Å². The van der Waals surface area contributed by atoms with E-state index in [-0.39, 0.29) is 19.5 Å². The number of hydrogen-bond donors (Lipinski definition) is 2. The van der Waals surface area contributed by atoms with Crippen LogP contribution in [-0.4, -0.2) is 23.2 Å². The molecule has 0 fully saturated rings. The molecule has 0 rings (SSSR count). The fraction of sp³-hybridized carbons (Fsp3) is 0. The molecule has 0 aromatic carbocycles. The summed E-state index contributed by atoms with van der Waals surface area (Å²) in [5, 5.41) is 13.5. The summed E-state index contributed by atoms with van der Waals surface area (Å²) in [6.07, 6.45) is 0. The van der Waals surface area contributed by atoms with E-state index in [1.165, 1.54) is 0 Å². The van der Waals surface area contributed by atoms with Crippen molar-refractivity contribution in [2.45, 2.75) is 0 Å². The van der Waals surface area contributed by atoms with Crippen LogP contribution in [0.25, 0.3) is 0 Å². The minimum Gasteiger partial charge on any atom is -0.665 e. The Balaban J connectivity index is -0.0000000400. The van der Waals surface area contributed by atoms with Gasteiger partial charge in [-0.3, -0.25) is 0 Å². The molecule has 0 amide bonds. The molecule has 0 saturated carbocycles. The molecule has 0 aliphatic heterocycles. The summed E-state index contributed by atoms with van der Waals surface area (Å²) in [6, 6.07) is 0. The fourth-order valence-corrected chi connectivity index (χ4v) is 0. The Morgan fingerprint density at radius 2 is 1.00 bits per heavy atom. The predicted molar refractivity (Wildman–Crippen MR) is 16.6 cm³/mol. The molecule has 4 nitrogen and oxygen atoms in total. The monoisotopic (exact) mass is 192 g/mol. The van der Waals surface area contributed by atoms with Gasteiger partial charge in [-0.15, -0.1) is 0 Å². The zero-order valence-corrected chi connectivity index (χ0v) is 4.80. The van der Waals surface area contributed by atoms with Crippen molar-refractivity contribution >= 4 is 12.9 Å². The molecule has 0 aromatic heterocycles. The Morgan fingerprint density at radius 1 is 1.00 bits per heavy atom. The molecular weight excluding hydrogens is 189 g/mol. The van der Waals surface area contributed by atoms with Gasteiger partial charge in [-0.1, -0.05) is 12.9 Å². The minimum atomic E-state index is 0. The Bertz CT molecular complexity index is 30.7. The maximum absolute atomic E-state index is 8.24. The average Bonchev–Trinajstić information content (AvgIpc) is 1.39. The third kappa shape index (κ3) is 371. The summed E-state index contributed by atoms with van der Waals surface area (Å²) in [7, 11) is 0. The van der Waals surface area contributed by atoms with Crippen molar-refractivity contribution in [3.8, 4) is 0 Å². The van der Waals surface area contributed by atoms with E-state index in [4.69, 9.17) is 19.8 Å². The molecular formula is C2H2O4Ru. The van der Waals surface area contributed by atoms with Crippen LogP contribution in [0.5, 0.6) is 0 Å². The van der Waals surface area contributed by atoms with E-state index in [1.807, 2.05) is 0 Å². The van der Waals surface area contributed by atoms with Gasteiger partial charge in [0.2, 0.25) is 0 Å². The second kappa shape index (κ2) is 47.4. The summed E-state index contributed by atoms with van der Waals surface area (Å²) in [5.41, 5.74) is 0. The first kappa shape index (κ1) is 16.0. The molecule has 0 aromatic rings. The van der Waals surface area contributed by atoms with Crippen LogP contribution >= 0.6 is 0 Å². The summed E-state index contributed by atoms with van der Waals surface area (Å²) < 4.78 is 0. The van der Waals surface area contributed by atoms with E-state index >= 15 is 0 Å². The van der Waals surface area contributed by atoms with Crippen LogP contribution < -0.4 is 0 Å².